The van der Waals surface area contributed by atoms with Gasteiger partial charge in [-0.3, -0.25) is 4.79 Å². The lowest BCUT2D eigenvalue weighted by atomic mass is 9.95. The smallest absolute Gasteiger partial charge is 0.255 e. The fraction of sp³-hybridized carbons (Fsp3) is 0.0800. The van der Waals surface area contributed by atoms with Crippen molar-refractivity contribution in [3.63, 3.8) is 0 Å². The number of fused-ring (bicyclic) bond motifs is 1. The average molecular weight is 476 g/mol. The van der Waals surface area contributed by atoms with Crippen molar-refractivity contribution in [2.24, 2.45) is 0 Å². The Morgan fingerprint density at radius 2 is 1.76 bits per heavy atom. The van der Waals surface area contributed by atoms with Crippen molar-refractivity contribution in [3.05, 3.63) is 106 Å². The van der Waals surface area contributed by atoms with E-state index >= 15 is 0 Å². The Morgan fingerprint density at radius 1 is 1.00 bits per heavy atom. The van der Waals surface area contributed by atoms with Crippen LogP contribution in [0.25, 0.3) is 11.4 Å². The molecule has 0 fully saturated rings. The number of nitrogens with zero attached hydrogens (tertiary/aromatic N) is 3. The Morgan fingerprint density at radius 3 is 2.52 bits per heavy atom. The maximum atomic E-state index is 13.5. The highest BCUT2D eigenvalue weighted by Crippen LogP contribution is 2.39. The van der Waals surface area contributed by atoms with Crippen LogP contribution in [0.2, 0.25) is 10.0 Å². The molecule has 0 aliphatic carbocycles. The SMILES string of the molecule is CC1=C(C(=O)Nc2ccccc2)C(c2ccccc2Cl)n2nc(-c3cccc(Cl)c3)nc2N1. The number of carbonyl (C=O) groups is 1. The lowest BCUT2D eigenvalue weighted by Crippen LogP contribution is -2.31. The number of rotatable bonds is 4. The summed E-state index contributed by atoms with van der Waals surface area (Å²) in [5.41, 5.74) is 3.40. The molecule has 1 amide bonds. The van der Waals surface area contributed by atoms with Crippen LogP contribution < -0.4 is 10.6 Å². The van der Waals surface area contributed by atoms with E-state index in [1.54, 1.807) is 22.9 Å². The van der Waals surface area contributed by atoms with Crippen molar-refractivity contribution in [1.82, 2.24) is 14.8 Å². The highest BCUT2D eigenvalue weighted by molar-refractivity contribution is 6.31. The number of halogens is 2. The average Bonchev–Trinajstić information content (AvgIpc) is 3.23. The first kappa shape index (κ1) is 21.2. The Hall–Kier alpha value is -3.61. The number of amides is 1. The molecule has 1 atom stereocenters. The molecule has 2 heterocycles. The van der Waals surface area contributed by atoms with E-state index in [-0.39, 0.29) is 5.91 Å². The number of allylic oxidation sites excluding steroid dienone is 1. The molecule has 33 heavy (non-hydrogen) atoms. The Labute approximate surface area is 200 Å². The summed E-state index contributed by atoms with van der Waals surface area (Å²) >= 11 is 12.8. The summed E-state index contributed by atoms with van der Waals surface area (Å²) in [6.07, 6.45) is 0. The zero-order chi connectivity index (χ0) is 22.9. The monoisotopic (exact) mass is 475 g/mol. The Bertz CT molecular complexity index is 1380. The second kappa shape index (κ2) is 8.73. The Kier molecular flexibility index (Phi) is 5.62. The molecule has 6 nitrogen and oxygen atoms in total. The molecule has 1 aliphatic heterocycles. The summed E-state index contributed by atoms with van der Waals surface area (Å²) in [6, 6.07) is 23.5. The Balaban J connectivity index is 1.63. The van der Waals surface area contributed by atoms with Gasteiger partial charge in [0.15, 0.2) is 5.82 Å². The van der Waals surface area contributed by atoms with Crippen molar-refractivity contribution in [2.45, 2.75) is 13.0 Å². The number of aromatic nitrogens is 3. The van der Waals surface area contributed by atoms with Gasteiger partial charge < -0.3 is 10.6 Å². The van der Waals surface area contributed by atoms with Gasteiger partial charge in [-0.05, 0) is 37.3 Å². The molecule has 0 radical (unpaired) electrons. The summed E-state index contributed by atoms with van der Waals surface area (Å²) in [5.74, 6) is 0.764. The van der Waals surface area contributed by atoms with Gasteiger partial charge in [0.25, 0.3) is 5.91 Å². The van der Waals surface area contributed by atoms with Gasteiger partial charge in [0.1, 0.15) is 6.04 Å². The third-order valence-electron chi connectivity index (χ3n) is 5.41. The number of benzene rings is 3. The van der Waals surface area contributed by atoms with Gasteiger partial charge in [0, 0.05) is 32.6 Å². The molecule has 164 valence electrons. The largest absolute Gasteiger partial charge is 0.328 e. The molecule has 0 spiro atoms. The number of hydrogen-bond donors (Lipinski definition) is 2. The molecule has 0 saturated carbocycles. The van der Waals surface area contributed by atoms with Gasteiger partial charge in [-0.1, -0.05) is 71.7 Å². The molecule has 2 N–H and O–H groups in total. The van der Waals surface area contributed by atoms with Crippen LogP contribution in [0.4, 0.5) is 11.6 Å². The van der Waals surface area contributed by atoms with Crippen molar-refractivity contribution in [2.75, 3.05) is 10.6 Å². The number of nitrogens with one attached hydrogen (secondary N) is 2. The summed E-state index contributed by atoms with van der Waals surface area (Å²) in [7, 11) is 0. The van der Waals surface area contributed by atoms with Gasteiger partial charge in [-0.15, -0.1) is 5.10 Å². The topological polar surface area (TPSA) is 71.8 Å². The van der Waals surface area contributed by atoms with E-state index in [0.29, 0.717) is 38.8 Å². The predicted molar refractivity (Wildman–Crippen MR) is 131 cm³/mol. The quantitative estimate of drug-likeness (QED) is 0.369. The first-order valence-corrected chi connectivity index (χ1v) is 11.1. The van der Waals surface area contributed by atoms with Crippen LogP contribution in [0, 0.1) is 0 Å². The second-order valence-electron chi connectivity index (χ2n) is 7.62. The van der Waals surface area contributed by atoms with Crippen molar-refractivity contribution < 1.29 is 4.79 Å². The highest BCUT2D eigenvalue weighted by atomic mass is 35.5. The maximum absolute atomic E-state index is 13.5. The minimum Gasteiger partial charge on any atom is -0.328 e. The van der Waals surface area contributed by atoms with Gasteiger partial charge in [0.2, 0.25) is 5.95 Å². The number of anilines is 2. The van der Waals surface area contributed by atoms with Crippen LogP contribution in [0.3, 0.4) is 0 Å². The molecule has 4 aromatic rings. The van der Waals surface area contributed by atoms with Crippen LogP contribution in [-0.2, 0) is 4.79 Å². The molecule has 5 rings (SSSR count). The first-order valence-electron chi connectivity index (χ1n) is 10.3. The second-order valence-corrected chi connectivity index (χ2v) is 8.47. The fourth-order valence-electron chi connectivity index (χ4n) is 3.90. The molecule has 1 aromatic heterocycles. The van der Waals surface area contributed by atoms with Crippen LogP contribution in [0.1, 0.15) is 18.5 Å². The number of carbonyl (C=O) groups excluding carboxylic acids is 1. The van der Waals surface area contributed by atoms with Crippen molar-refractivity contribution in [3.8, 4) is 11.4 Å². The van der Waals surface area contributed by atoms with Crippen LogP contribution in [-0.4, -0.2) is 20.7 Å². The highest BCUT2D eigenvalue weighted by Gasteiger charge is 2.35. The third kappa shape index (κ3) is 4.11. The number of hydrogen-bond acceptors (Lipinski definition) is 4. The van der Waals surface area contributed by atoms with E-state index in [1.807, 2.05) is 67.6 Å². The minimum absolute atomic E-state index is 0.249. The molecule has 1 unspecified atom stereocenters. The van der Waals surface area contributed by atoms with E-state index in [1.165, 1.54) is 0 Å². The predicted octanol–water partition coefficient (Wildman–Crippen LogP) is 6.18. The van der Waals surface area contributed by atoms with Crippen LogP contribution in [0.15, 0.2) is 90.1 Å². The normalized spacial score (nSPS) is 15.1. The maximum Gasteiger partial charge on any atom is 0.255 e. The zero-order valence-electron chi connectivity index (χ0n) is 17.6. The molecule has 0 saturated heterocycles. The molecule has 8 heteroatoms. The van der Waals surface area contributed by atoms with E-state index in [4.69, 9.17) is 28.3 Å². The molecule has 3 aromatic carbocycles. The molecular formula is C25H19Cl2N5O. The third-order valence-corrected chi connectivity index (χ3v) is 5.99. The molecule has 1 aliphatic rings. The first-order chi connectivity index (χ1) is 16.0. The summed E-state index contributed by atoms with van der Waals surface area (Å²) in [4.78, 5) is 18.1. The van der Waals surface area contributed by atoms with Crippen LogP contribution >= 0.6 is 23.2 Å². The fourth-order valence-corrected chi connectivity index (χ4v) is 4.33. The summed E-state index contributed by atoms with van der Waals surface area (Å²) in [6.45, 7) is 1.85. The van der Waals surface area contributed by atoms with E-state index in [2.05, 4.69) is 15.6 Å². The number of para-hydroxylation sites is 1. The standard InChI is InChI=1S/C25H19Cl2N5O/c1-15-21(24(33)29-18-10-3-2-4-11-18)22(19-12-5-6-13-20(19)27)32-25(28-15)30-23(31-32)16-8-7-9-17(26)14-16/h2-14,22H,1H3,(H,29,33)(H,28,30,31). The minimum atomic E-state index is -0.570. The summed E-state index contributed by atoms with van der Waals surface area (Å²) < 4.78 is 1.70. The van der Waals surface area contributed by atoms with Gasteiger partial charge >= 0.3 is 0 Å². The lowest BCUT2D eigenvalue weighted by Gasteiger charge is -2.29. The summed E-state index contributed by atoms with van der Waals surface area (Å²) in [5, 5.41) is 12.1. The van der Waals surface area contributed by atoms with Gasteiger partial charge in [-0.25, -0.2) is 4.68 Å². The molecule has 0 bridgehead atoms. The van der Waals surface area contributed by atoms with E-state index in [0.717, 1.165) is 11.1 Å². The van der Waals surface area contributed by atoms with E-state index < -0.39 is 6.04 Å². The van der Waals surface area contributed by atoms with Crippen molar-refractivity contribution >= 4 is 40.7 Å². The van der Waals surface area contributed by atoms with E-state index in [9.17, 15) is 4.79 Å². The van der Waals surface area contributed by atoms with Gasteiger partial charge in [-0.2, -0.15) is 4.98 Å². The molecular weight excluding hydrogens is 457 g/mol. The van der Waals surface area contributed by atoms with Gasteiger partial charge in [0.05, 0.1) is 5.57 Å². The zero-order valence-corrected chi connectivity index (χ0v) is 19.1. The lowest BCUT2D eigenvalue weighted by molar-refractivity contribution is -0.113. The van der Waals surface area contributed by atoms with Crippen LogP contribution in [0.5, 0.6) is 0 Å². The van der Waals surface area contributed by atoms with Crippen molar-refractivity contribution in [1.29, 1.82) is 0 Å².